The molecule has 2 aromatic heterocycles. The maximum Gasteiger partial charge on any atom is 0.254 e. The van der Waals surface area contributed by atoms with Crippen LogP contribution in [0.1, 0.15) is 39.1 Å². The molecule has 0 fully saturated rings. The fourth-order valence-corrected chi connectivity index (χ4v) is 4.74. The highest BCUT2D eigenvalue weighted by Crippen LogP contribution is 2.44. The van der Waals surface area contributed by atoms with E-state index in [1.54, 1.807) is 24.2 Å². The average Bonchev–Trinajstić information content (AvgIpc) is 3.16. The lowest BCUT2D eigenvalue weighted by atomic mass is 9.79. The Kier molecular flexibility index (Phi) is 4.98. The quantitative estimate of drug-likeness (QED) is 0.542. The molecule has 2 amide bonds. The smallest absolute Gasteiger partial charge is 0.254 e. The minimum Gasteiger partial charge on any atom is -0.350 e. The molecule has 0 bridgehead atoms. The highest BCUT2D eigenvalue weighted by molar-refractivity contribution is 6.02. The number of aromatic nitrogens is 2. The third kappa shape index (κ3) is 3.24. The van der Waals surface area contributed by atoms with Crippen molar-refractivity contribution in [3.05, 3.63) is 102 Å². The second-order valence-corrected chi connectivity index (χ2v) is 8.18. The zero-order valence-corrected chi connectivity index (χ0v) is 18.0. The SMILES string of the molecule is CN1C(=O)c2ccccc2[C@H](C(=O)NCc2ccccn2)[C@H]1c1cn(C)c2ccccc12. The van der Waals surface area contributed by atoms with Crippen LogP contribution in [0.25, 0.3) is 10.9 Å². The molecule has 6 heteroatoms. The standard InChI is InChI=1S/C26H24N4O2/c1-29-16-21(18-10-5-6-13-22(18)29)24-23(25(31)28-15-17-9-7-8-14-27-17)19-11-3-4-12-20(19)26(32)30(24)2/h3-14,16,23-24H,15H2,1-2H3,(H,28,31)/t23-,24+/m0/s1. The molecule has 1 aliphatic heterocycles. The molecule has 2 aromatic carbocycles. The van der Waals surface area contributed by atoms with Gasteiger partial charge in [-0.1, -0.05) is 42.5 Å². The maximum atomic E-state index is 13.6. The van der Waals surface area contributed by atoms with Crippen LogP contribution >= 0.6 is 0 Å². The van der Waals surface area contributed by atoms with Gasteiger partial charge in [-0.3, -0.25) is 14.6 Å². The van der Waals surface area contributed by atoms with Crippen molar-refractivity contribution in [3.8, 4) is 0 Å². The molecular weight excluding hydrogens is 400 g/mol. The van der Waals surface area contributed by atoms with Crippen LogP contribution in [-0.4, -0.2) is 33.3 Å². The van der Waals surface area contributed by atoms with Gasteiger partial charge in [0.1, 0.15) is 0 Å². The van der Waals surface area contributed by atoms with E-state index in [-0.39, 0.29) is 11.8 Å². The number of likely N-dealkylation sites (N-methyl/N-ethyl adjacent to an activating group) is 1. The van der Waals surface area contributed by atoms with Gasteiger partial charge in [0.15, 0.2) is 0 Å². The fourth-order valence-electron chi connectivity index (χ4n) is 4.74. The lowest BCUT2D eigenvalue weighted by Crippen LogP contribution is -2.45. The lowest BCUT2D eigenvalue weighted by molar-refractivity contribution is -0.124. The zero-order chi connectivity index (χ0) is 22.2. The van der Waals surface area contributed by atoms with E-state index in [1.807, 2.05) is 78.5 Å². The van der Waals surface area contributed by atoms with E-state index in [0.29, 0.717) is 12.1 Å². The van der Waals surface area contributed by atoms with Crippen molar-refractivity contribution in [1.82, 2.24) is 19.8 Å². The number of para-hydroxylation sites is 1. The summed E-state index contributed by atoms with van der Waals surface area (Å²) in [6.45, 7) is 0.332. The summed E-state index contributed by atoms with van der Waals surface area (Å²) in [5, 5.41) is 4.10. The third-order valence-corrected chi connectivity index (χ3v) is 6.28. The number of hydrogen-bond donors (Lipinski definition) is 1. The highest BCUT2D eigenvalue weighted by Gasteiger charge is 2.43. The Balaban J connectivity index is 1.61. The van der Waals surface area contributed by atoms with Crippen molar-refractivity contribution in [1.29, 1.82) is 0 Å². The fraction of sp³-hybridized carbons (Fsp3) is 0.192. The topological polar surface area (TPSA) is 67.2 Å². The van der Waals surface area contributed by atoms with Crippen LogP contribution in [0, 0.1) is 0 Å². The first-order valence-corrected chi connectivity index (χ1v) is 10.6. The molecule has 3 heterocycles. The molecular formula is C26H24N4O2. The largest absolute Gasteiger partial charge is 0.350 e. The maximum absolute atomic E-state index is 13.6. The van der Waals surface area contributed by atoms with Gasteiger partial charge in [0.2, 0.25) is 5.91 Å². The summed E-state index contributed by atoms with van der Waals surface area (Å²) in [6, 6.07) is 20.7. The zero-order valence-electron chi connectivity index (χ0n) is 18.0. The molecule has 1 aliphatic rings. The van der Waals surface area contributed by atoms with Crippen molar-refractivity contribution in [2.75, 3.05) is 7.05 Å². The van der Waals surface area contributed by atoms with Crippen LogP contribution in [0.4, 0.5) is 0 Å². The number of carbonyl (C=O) groups excluding carboxylic acids is 2. The van der Waals surface area contributed by atoms with Crippen LogP contribution < -0.4 is 5.32 Å². The van der Waals surface area contributed by atoms with Gasteiger partial charge in [0, 0.05) is 48.5 Å². The first-order chi connectivity index (χ1) is 15.6. The van der Waals surface area contributed by atoms with E-state index in [0.717, 1.165) is 27.7 Å². The van der Waals surface area contributed by atoms with Crippen LogP contribution in [-0.2, 0) is 18.4 Å². The summed E-state index contributed by atoms with van der Waals surface area (Å²) in [5.74, 6) is -0.740. The van der Waals surface area contributed by atoms with Gasteiger partial charge in [-0.25, -0.2) is 0 Å². The van der Waals surface area contributed by atoms with Gasteiger partial charge in [0.25, 0.3) is 5.91 Å². The summed E-state index contributed by atoms with van der Waals surface area (Å²) in [7, 11) is 3.77. The highest BCUT2D eigenvalue weighted by atomic mass is 16.2. The number of amides is 2. The van der Waals surface area contributed by atoms with Gasteiger partial charge in [-0.2, -0.15) is 0 Å². The average molecular weight is 425 g/mol. The van der Waals surface area contributed by atoms with Crippen molar-refractivity contribution in [2.45, 2.75) is 18.5 Å². The van der Waals surface area contributed by atoms with E-state index in [9.17, 15) is 9.59 Å². The molecule has 5 rings (SSSR count). The summed E-state index contributed by atoms with van der Waals surface area (Å²) in [5.41, 5.74) is 4.15. The predicted octanol–water partition coefficient (Wildman–Crippen LogP) is 3.80. The number of benzene rings is 2. The minimum atomic E-state index is -0.539. The Morgan fingerprint density at radius 2 is 1.72 bits per heavy atom. The molecule has 0 aliphatic carbocycles. The molecule has 4 aromatic rings. The summed E-state index contributed by atoms with van der Waals surface area (Å²) in [6.07, 6.45) is 3.74. The first kappa shape index (κ1) is 20.0. The Hall–Kier alpha value is -3.93. The molecule has 0 radical (unpaired) electrons. The van der Waals surface area contributed by atoms with E-state index >= 15 is 0 Å². The number of nitrogens with one attached hydrogen (secondary N) is 1. The van der Waals surface area contributed by atoms with E-state index in [2.05, 4.69) is 10.3 Å². The van der Waals surface area contributed by atoms with Crippen LogP contribution in [0.5, 0.6) is 0 Å². The van der Waals surface area contributed by atoms with Crippen molar-refractivity contribution in [3.63, 3.8) is 0 Å². The first-order valence-electron chi connectivity index (χ1n) is 10.6. The molecule has 1 N–H and O–H groups in total. The summed E-state index contributed by atoms with van der Waals surface area (Å²) in [4.78, 5) is 32.9. The van der Waals surface area contributed by atoms with Crippen LogP contribution in [0.3, 0.4) is 0 Å². The van der Waals surface area contributed by atoms with Crippen LogP contribution in [0.2, 0.25) is 0 Å². The number of pyridine rings is 1. The van der Waals surface area contributed by atoms with Gasteiger partial charge in [-0.05, 0) is 29.8 Å². The predicted molar refractivity (Wildman–Crippen MR) is 123 cm³/mol. The Morgan fingerprint density at radius 3 is 2.53 bits per heavy atom. The Bertz CT molecular complexity index is 1310. The van der Waals surface area contributed by atoms with Gasteiger partial charge < -0.3 is 14.8 Å². The number of carbonyl (C=O) groups is 2. The normalized spacial score (nSPS) is 17.9. The minimum absolute atomic E-state index is 0.0766. The van der Waals surface area contributed by atoms with Gasteiger partial charge >= 0.3 is 0 Å². The second kappa shape index (κ2) is 7.96. The van der Waals surface area contributed by atoms with Crippen molar-refractivity contribution in [2.24, 2.45) is 7.05 Å². The second-order valence-electron chi connectivity index (χ2n) is 8.18. The van der Waals surface area contributed by atoms with Gasteiger partial charge in [-0.15, -0.1) is 0 Å². The van der Waals surface area contributed by atoms with Crippen molar-refractivity contribution >= 4 is 22.7 Å². The number of aryl methyl sites for hydroxylation is 1. The third-order valence-electron chi connectivity index (χ3n) is 6.28. The summed E-state index contributed by atoms with van der Waals surface area (Å²) < 4.78 is 2.05. The molecule has 0 saturated carbocycles. The Labute approximate surface area is 186 Å². The van der Waals surface area contributed by atoms with Gasteiger partial charge in [0.05, 0.1) is 24.2 Å². The van der Waals surface area contributed by atoms with Crippen LogP contribution in [0.15, 0.2) is 79.1 Å². The summed E-state index contributed by atoms with van der Waals surface area (Å²) >= 11 is 0. The molecule has 6 nitrogen and oxygen atoms in total. The number of rotatable bonds is 4. The molecule has 160 valence electrons. The number of fused-ring (bicyclic) bond motifs is 2. The lowest BCUT2D eigenvalue weighted by Gasteiger charge is -2.39. The molecule has 2 atom stereocenters. The van der Waals surface area contributed by atoms with E-state index in [1.165, 1.54) is 0 Å². The van der Waals surface area contributed by atoms with E-state index in [4.69, 9.17) is 0 Å². The number of hydrogen-bond acceptors (Lipinski definition) is 3. The van der Waals surface area contributed by atoms with Crippen molar-refractivity contribution < 1.29 is 9.59 Å². The van der Waals surface area contributed by atoms with E-state index < -0.39 is 12.0 Å². The molecule has 32 heavy (non-hydrogen) atoms. The number of nitrogens with zero attached hydrogens (tertiary/aromatic N) is 3. The molecule has 0 spiro atoms. The molecule has 0 unspecified atom stereocenters. The molecule has 0 saturated heterocycles. The Morgan fingerprint density at radius 1 is 0.969 bits per heavy atom. The monoisotopic (exact) mass is 424 g/mol.